The zero-order valence-corrected chi connectivity index (χ0v) is 12.3. The molecule has 0 fully saturated rings. The number of hydrogen-bond acceptors (Lipinski definition) is 3. The van der Waals surface area contributed by atoms with E-state index >= 15 is 0 Å². The number of nitrogens with zero attached hydrogens (tertiary/aromatic N) is 3. The SMILES string of the molecule is CC(F)Cc1ncn(CC(O)c2ccc(Cl)cc2Cl)n1. The number of aromatic nitrogens is 3. The highest BCUT2D eigenvalue weighted by Crippen LogP contribution is 2.27. The molecule has 2 rings (SSSR count). The monoisotopic (exact) mass is 317 g/mol. The van der Waals surface area contributed by atoms with Gasteiger partial charge in [0, 0.05) is 22.0 Å². The molecule has 0 aliphatic rings. The summed E-state index contributed by atoms with van der Waals surface area (Å²) in [7, 11) is 0. The fourth-order valence-electron chi connectivity index (χ4n) is 1.81. The maximum Gasteiger partial charge on any atom is 0.153 e. The van der Waals surface area contributed by atoms with Crippen molar-refractivity contribution in [1.29, 1.82) is 0 Å². The maximum atomic E-state index is 12.8. The summed E-state index contributed by atoms with van der Waals surface area (Å²) < 4.78 is 14.3. The molecule has 1 N–H and O–H groups in total. The number of alkyl halides is 1. The largest absolute Gasteiger partial charge is 0.386 e. The molecule has 1 aromatic carbocycles. The molecule has 4 nitrogen and oxygen atoms in total. The predicted octanol–water partition coefficient (Wildman–Crippen LogP) is 3.22. The molecule has 2 atom stereocenters. The lowest BCUT2D eigenvalue weighted by Gasteiger charge is -2.12. The summed E-state index contributed by atoms with van der Waals surface area (Å²) >= 11 is 11.8. The van der Waals surface area contributed by atoms with Crippen LogP contribution in [0.2, 0.25) is 10.0 Å². The van der Waals surface area contributed by atoms with Crippen molar-refractivity contribution in [3.8, 4) is 0 Å². The molecule has 0 aliphatic carbocycles. The molecule has 0 saturated heterocycles. The van der Waals surface area contributed by atoms with Gasteiger partial charge in [-0.15, -0.1) is 0 Å². The first kappa shape index (κ1) is 15.2. The van der Waals surface area contributed by atoms with Gasteiger partial charge in [0.15, 0.2) is 5.82 Å². The number of benzene rings is 1. The normalized spacial score (nSPS) is 14.2. The van der Waals surface area contributed by atoms with Gasteiger partial charge >= 0.3 is 0 Å². The summed E-state index contributed by atoms with van der Waals surface area (Å²) in [4.78, 5) is 3.99. The number of aliphatic hydroxyl groups excluding tert-OH is 1. The first-order chi connectivity index (χ1) is 9.45. The van der Waals surface area contributed by atoms with E-state index in [0.717, 1.165) is 0 Å². The molecule has 1 heterocycles. The lowest BCUT2D eigenvalue weighted by molar-refractivity contribution is 0.151. The molecule has 0 aliphatic heterocycles. The predicted molar refractivity (Wildman–Crippen MR) is 75.7 cm³/mol. The van der Waals surface area contributed by atoms with Crippen molar-refractivity contribution in [2.45, 2.75) is 32.2 Å². The van der Waals surface area contributed by atoms with Crippen molar-refractivity contribution in [2.75, 3.05) is 0 Å². The smallest absolute Gasteiger partial charge is 0.153 e. The van der Waals surface area contributed by atoms with Crippen LogP contribution in [0, 0.1) is 0 Å². The Labute approximate surface area is 126 Å². The van der Waals surface area contributed by atoms with Gasteiger partial charge < -0.3 is 5.11 Å². The summed E-state index contributed by atoms with van der Waals surface area (Å²) in [6, 6.07) is 4.89. The lowest BCUT2D eigenvalue weighted by Crippen LogP contribution is -2.10. The molecule has 0 radical (unpaired) electrons. The molecule has 20 heavy (non-hydrogen) atoms. The Morgan fingerprint density at radius 2 is 2.15 bits per heavy atom. The minimum absolute atomic E-state index is 0.158. The molecule has 1 aromatic heterocycles. The Bertz CT molecular complexity index is 589. The van der Waals surface area contributed by atoms with Gasteiger partial charge in [-0.2, -0.15) is 5.10 Å². The van der Waals surface area contributed by atoms with E-state index in [1.165, 1.54) is 17.9 Å². The van der Waals surface area contributed by atoms with Crippen molar-refractivity contribution in [2.24, 2.45) is 0 Å². The molecule has 0 spiro atoms. The van der Waals surface area contributed by atoms with Crippen LogP contribution >= 0.6 is 23.2 Å². The Morgan fingerprint density at radius 1 is 1.40 bits per heavy atom. The fraction of sp³-hybridized carbons (Fsp3) is 0.385. The quantitative estimate of drug-likeness (QED) is 0.921. The number of aliphatic hydroxyl groups is 1. The third kappa shape index (κ3) is 3.91. The third-order valence-electron chi connectivity index (χ3n) is 2.73. The first-order valence-corrected chi connectivity index (χ1v) is 6.86. The van der Waals surface area contributed by atoms with Crippen molar-refractivity contribution < 1.29 is 9.50 Å². The summed E-state index contributed by atoms with van der Waals surface area (Å²) in [5.74, 6) is 0.411. The summed E-state index contributed by atoms with van der Waals surface area (Å²) in [5, 5.41) is 15.1. The van der Waals surface area contributed by atoms with E-state index in [1.807, 2.05) is 0 Å². The Hall–Kier alpha value is -1.17. The zero-order chi connectivity index (χ0) is 14.7. The average Bonchev–Trinajstić information content (AvgIpc) is 2.75. The van der Waals surface area contributed by atoms with Gasteiger partial charge in [0.2, 0.25) is 0 Å². The number of halogens is 3. The van der Waals surface area contributed by atoms with Gasteiger partial charge in [-0.1, -0.05) is 29.3 Å². The molecular weight excluding hydrogens is 304 g/mol. The second-order valence-electron chi connectivity index (χ2n) is 4.55. The van der Waals surface area contributed by atoms with E-state index in [1.54, 1.807) is 18.2 Å². The minimum atomic E-state index is -0.999. The summed E-state index contributed by atoms with van der Waals surface area (Å²) in [5.41, 5.74) is 0.562. The first-order valence-electron chi connectivity index (χ1n) is 6.11. The zero-order valence-electron chi connectivity index (χ0n) is 10.8. The standard InChI is InChI=1S/C13H14Cl2FN3O/c1-8(16)4-13-17-7-19(18-13)6-12(20)10-3-2-9(14)5-11(10)15/h2-3,5,7-8,12,20H,4,6H2,1H3. The highest BCUT2D eigenvalue weighted by Gasteiger charge is 2.14. The Kier molecular flexibility index (Phi) is 4.96. The van der Waals surface area contributed by atoms with Crippen molar-refractivity contribution in [3.63, 3.8) is 0 Å². The molecule has 108 valence electrons. The van der Waals surface area contributed by atoms with Crippen LogP contribution in [0.4, 0.5) is 4.39 Å². The molecule has 0 bridgehead atoms. The van der Waals surface area contributed by atoms with Gasteiger partial charge in [-0.05, 0) is 19.1 Å². The molecule has 7 heteroatoms. The van der Waals surface area contributed by atoms with Crippen LogP contribution < -0.4 is 0 Å². The summed E-state index contributed by atoms with van der Waals surface area (Å²) in [6.07, 6.45) is -0.214. The van der Waals surface area contributed by atoms with Gasteiger partial charge in [-0.25, -0.2) is 14.1 Å². The van der Waals surface area contributed by atoms with Crippen LogP contribution in [-0.4, -0.2) is 26.0 Å². The van der Waals surface area contributed by atoms with E-state index in [-0.39, 0.29) is 13.0 Å². The second-order valence-corrected chi connectivity index (χ2v) is 5.39. The van der Waals surface area contributed by atoms with Crippen LogP contribution in [0.5, 0.6) is 0 Å². The molecule has 2 unspecified atom stereocenters. The Balaban J connectivity index is 2.07. The highest BCUT2D eigenvalue weighted by molar-refractivity contribution is 6.35. The van der Waals surface area contributed by atoms with E-state index in [2.05, 4.69) is 10.1 Å². The van der Waals surface area contributed by atoms with Gasteiger partial charge in [-0.3, -0.25) is 0 Å². The minimum Gasteiger partial charge on any atom is -0.386 e. The van der Waals surface area contributed by atoms with E-state index < -0.39 is 12.3 Å². The summed E-state index contributed by atoms with van der Waals surface area (Å²) in [6.45, 7) is 1.64. The number of rotatable bonds is 5. The number of hydrogen-bond donors (Lipinski definition) is 1. The van der Waals surface area contributed by atoms with Gasteiger partial charge in [0.25, 0.3) is 0 Å². The van der Waals surface area contributed by atoms with Gasteiger partial charge in [0.05, 0.1) is 6.54 Å². The topological polar surface area (TPSA) is 50.9 Å². The van der Waals surface area contributed by atoms with E-state index in [4.69, 9.17) is 23.2 Å². The fourth-order valence-corrected chi connectivity index (χ4v) is 2.35. The van der Waals surface area contributed by atoms with Crippen LogP contribution in [0.3, 0.4) is 0 Å². The highest BCUT2D eigenvalue weighted by atomic mass is 35.5. The molecule has 0 amide bonds. The maximum absolute atomic E-state index is 12.8. The van der Waals surface area contributed by atoms with Gasteiger partial charge in [0.1, 0.15) is 18.6 Å². The second kappa shape index (κ2) is 6.52. The molecular formula is C13H14Cl2FN3O. The van der Waals surface area contributed by atoms with Crippen LogP contribution in [0.15, 0.2) is 24.5 Å². The van der Waals surface area contributed by atoms with Crippen LogP contribution in [-0.2, 0) is 13.0 Å². The van der Waals surface area contributed by atoms with Crippen LogP contribution in [0.1, 0.15) is 24.4 Å². The van der Waals surface area contributed by atoms with E-state index in [0.29, 0.717) is 21.4 Å². The third-order valence-corrected chi connectivity index (χ3v) is 3.29. The molecule has 0 saturated carbocycles. The van der Waals surface area contributed by atoms with Crippen LogP contribution in [0.25, 0.3) is 0 Å². The van der Waals surface area contributed by atoms with Crippen molar-refractivity contribution in [3.05, 3.63) is 46.0 Å². The average molecular weight is 318 g/mol. The molecule has 2 aromatic rings. The van der Waals surface area contributed by atoms with Crippen molar-refractivity contribution >= 4 is 23.2 Å². The van der Waals surface area contributed by atoms with E-state index in [9.17, 15) is 9.50 Å². The Morgan fingerprint density at radius 3 is 2.80 bits per heavy atom. The van der Waals surface area contributed by atoms with Crippen molar-refractivity contribution in [1.82, 2.24) is 14.8 Å². The lowest BCUT2D eigenvalue weighted by atomic mass is 10.1.